The normalized spacial score (nSPS) is 22.7. The zero-order valence-corrected chi connectivity index (χ0v) is 20.7. The number of likely N-dealkylation sites (tertiary alicyclic amines) is 2. The molecule has 3 fully saturated rings. The Morgan fingerprint density at radius 1 is 1.33 bits per heavy atom. The number of fused-ring (bicyclic) bond motifs is 1. The third-order valence-electron chi connectivity index (χ3n) is 7.31. The van der Waals surface area contributed by atoms with Gasteiger partial charge in [-0.25, -0.2) is 9.18 Å². The zero-order chi connectivity index (χ0) is 23.3. The van der Waals surface area contributed by atoms with E-state index in [1.165, 1.54) is 4.90 Å². The smallest absolute Gasteiger partial charge is 0.407 e. The van der Waals surface area contributed by atoms with E-state index < -0.39 is 11.9 Å². The Hall–Kier alpha value is -1.91. The number of anilines is 1. The monoisotopic (exact) mass is 541 g/mol. The molecule has 1 aromatic carbocycles. The molecule has 1 unspecified atom stereocenters. The first kappa shape index (κ1) is 22.9. The number of benzene rings is 1. The van der Waals surface area contributed by atoms with E-state index in [9.17, 15) is 9.90 Å². The predicted octanol–water partition coefficient (Wildman–Crippen LogP) is 4.24. The molecule has 0 radical (unpaired) electrons. The first-order valence-corrected chi connectivity index (χ1v) is 12.3. The van der Waals surface area contributed by atoms with Crippen LogP contribution >= 0.6 is 27.5 Å². The Bertz CT molecular complexity index is 1090. The average Bonchev–Trinajstić information content (AvgIpc) is 3.19. The molecule has 11 heteroatoms. The number of aromatic nitrogens is 2. The molecule has 4 heterocycles. The van der Waals surface area contributed by atoms with Crippen LogP contribution in [0.3, 0.4) is 0 Å². The molecule has 8 nitrogen and oxygen atoms in total. The number of rotatable bonds is 4. The largest absolute Gasteiger partial charge is 0.465 e. The lowest BCUT2D eigenvalue weighted by Gasteiger charge is -2.53. The van der Waals surface area contributed by atoms with Gasteiger partial charge in [-0.1, -0.05) is 11.6 Å². The minimum atomic E-state index is -0.866. The van der Waals surface area contributed by atoms with Gasteiger partial charge in [0, 0.05) is 43.0 Å². The van der Waals surface area contributed by atoms with Crippen LogP contribution in [-0.2, 0) is 0 Å². The topological polar surface area (TPSA) is 82.0 Å². The van der Waals surface area contributed by atoms with E-state index in [0.717, 1.165) is 32.2 Å². The average molecular weight is 543 g/mol. The summed E-state index contributed by atoms with van der Waals surface area (Å²) >= 11 is 9.48. The summed E-state index contributed by atoms with van der Waals surface area (Å²) in [7, 11) is 2.07. The van der Waals surface area contributed by atoms with E-state index in [2.05, 4.69) is 42.7 Å². The van der Waals surface area contributed by atoms with Crippen molar-refractivity contribution >= 4 is 50.3 Å². The molecule has 178 valence electrons. The Morgan fingerprint density at radius 2 is 2.06 bits per heavy atom. The quantitative estimate of drug-likeness (QED) is 0.579. The van der Waals surface area contributed by atoms with Gasteiger partial charge in [-0.15, -0.1) is 0 Å². The number of hydrogen-bond donors (Lipinski definition) is 1. The standard InChI is InChI=1S/C22H26BrClFN5O3/c1-28-6-2-3-13(28)10-33-20-26-18-14(9-15(24)16(23)17(18)25)19(27-20)29-7-4-22(5-8-29)11-30(12-22)21(31)32/h9,13H,2-8,10-12H2,1H3,(H,31,32). The predicted molar refractivity (Wildman–Crippen MR) is 127 cm³/mol. The van der Waals surface area contributed by atoms with Crippen molar-refractivity contribution in [3.63, 3.8) is 0 Å². The summed E-state index contributed by atoms with van der Waals surface area (Å²) in [5.74, 6) is 0.0703. The molecule has 0 saturated carbocycles. The van der Waals surface area contributed by atoms with E-state index in [-0.39, 0.29) is 26.4 Å². The van der Waals surface area contributed by atoms with Crippen LogP contribution < -0.4 is 9.64 Å². The molecule has 1 atom stereocenters. The minimum absolute atomic E-state index is 0.0238. The maximum absolute atomic E-state index is 15.1. The summed E-state index contributed by atoms with van der Waals surface area (Å²) in [5, 5.41) is 9.98. The lowest BCUT2D eigenvalue weighted by molar-refractivity contribution is -0.00642. The molecule has 5 rings (SSSR count). The second kappa shape index (κ2) is 8.70. The van der Waals surface area contributed by atoms with Crippen molar-refractivity contribution < 1.29 is 19.0 Å². The summed E-state index contributed by atoms with van der Waals surface area (Å²) in [6, 6.07) is 2.14. The lowest BCUT2D eigenvalue weighted by atomic mass is 9.72. The Kier molecular flexibility index (Phi) is 6.03. The van der Waals surface area contributed by atoms with Gasteiger partial charge < -0.3 is 24.5 Å². The second-order valence-electron chi connectivity index (χ2n) is 9.43. The van der Waals surface area contributed by atoms with Crippen molar-refractivity contribution in [3.8, 4) is 6.01 Å². The Balaban J connectivity index is 1.42. The van der Waals surface area contributed by atoms with Gasteiger partial charge in [0.15, 0.2) is 5.82 Å². The number of carboxylic acid groups (broad SMARTS) is 1. The third kappa shape index (κ3) is 4.21. The number of halogens is 3. The van der Waals surface area contributed by atoms with Gasteiger partial charge in [-0.05, 0) is 61.3 Å². The van der Waals surface area contributed by atoms with Gasteiger partial charge in [0.05, 0.1) is 9.50 Å². The molecule has 0 aliphatic carbocycles. The molecular weight excluding hydrogens is 517 g/mol. The van der Waals surface area contributed by atoms with Crippen molar-refractivity contribution in [1.82, 2.24) is 19.8 Å². The minimum Gasteiger partial charge on any atom is -0.465 e. The van der Waals surface area contributed by atoms with Crippen LogP contribution in [0.4, 0.5) is 15.0 Å². The molecule has 1 N–H and O–H groups in total. The molecule has 3 aliphatic rings. The lowest BCUT2D eigenvalue weighted by Crippen LogP contribution is -2.61. The van der Waals surface area contributed by atoms with E-state index in [1.54, 1.807) is 6.07 Å². The molecule has 1 amide bonds. The third-order valence-corrected chi connectivity index (χ3v) is 8.61. The van der Waals surface area contributed by atoms with Crippen molar-refractivity contribution in [2.75, 3.05) is 51.3 Å². The van der Waals surface area contributed by atoms with E-state index >= 15 is 4.39 Å². The summed E-state index contributed by atoms with van der Waals surface area (Å²) in [6.07, 6.45) is 3.00. The van der Waals surface area contributed by atoms with Crippen LogP contribution in [0, 0.1) is 11.2 Å². The summed E-state index contributed by atoms with van der Waals surface area (Å²) in [4.78, 5) is 26.1. The van der Waals surface area contributed by atoms with Crippen LogP contribution in [0.15, 0.2) is 10.5 Å². The summed E-state index contributed by atoms with van der Waals surface area (Å²) in [6.45, 7) is 4.01. The molecule has 33 heavy (non-hydrogen) atoms. The van der Waals surface area contributed by atoms with Crippen LogP contribution in [-0.4, -0.2) is 83.4 Å². The highest BCUT2D eigenvalue weighted by atomic mass is 79.9. The fourth-order valence-electron chi connectivity index (χ4n) is 5.21. The summed E-state index contributed by atoms with van der Waals surface area (Å²) < 4.78 is 21.3. The van der Waals surface area contributed by atoms with Gasteiger partial charge >= 0.3 is 12.1 Å². The van der Waals surface area contributed by atoms with Crippen LogP contribution in [0.2, 0.25) is 5.02 Å². The fraction of sp³-hybridized carbons (Fsp3) is 0.591. The van der Waals surface area contributed by atoms with Crippen molar-refractivity contribution in [1.29, 1.82) is 0 Å². The second-order valence-corrected chi connectivity index (χ2v) is 10.6. The number of hydrogen-bond acceptors (Lipinski definition) is 6. The fourth-order valence-corrected chi connectivity index (χ4v) is 5.70. The Labute approximate surface area is 204 Å². The molecule has 3 saturated heterocycles. The number of ether oxygens (including phenoxy) is 1. The van der Waals surface area contributed by atoms with Gasteiger partial charge in [0.2, 0.25) is 0 Å². The summed E-state index contributed by atoms with van der Waals surface area (Å²) in [5.41, 5.74) is 0.197. The maximum atomic E-state index is 15.1. The molecule has 0 bridgehead atoms. The van der Waals surface area contributed by atoms with Crippen LogP contribution in [0.25, 0.3) is 10.9 Å². The zero-order valence-electron chi connectivity index (χ0n) is 18.4. The number of piperidine rings is 1. The van der Waals surface area contributed by atoms with Crippen molar-refractivity contribution in [2.24, 2.45) is 5.41 Å². The molecule has 1 spiro atoms. The molecule has 2 aromatic rings. The van der Waals surface area contributed by atoms with E-state index in [0.29, 0.717) is 50.0 Å². The maximum Gasteiger partial charge on any atom is 0.407 e. The number of likely N-dealkylation sites (N-methyl/N-ethyl adjacent to an activating group) is 1. The highest BCUT2D eigenvalue weighted by molar-refractivity contribution is 9.10. The van der Waals surface area contributed by atoms with E-state index in [1.807, 2.05) is 0 Å². The highest BCUT2D eigenvalue weighted by Crippen LogP contribution is 2.43. The SMILES string of the molecule is CN1CCCC1COc1nc(N2CCC3(CC2)CN(C(=O)O)C3)c2cc(Cl)c(Br)c(F)c2n1. The van der Waals surface area contributed by atoms with Gasteiger partial charge in [-0.3, -0.25) is 0 Å². The number of carbonyl (C=O) groups is 1. The highest BCUT2D eigenvalue weighted by Gasteiger charge is 2.47. The van der Waals surface area contributed by atoms with Gasteiger partial charge in [-0.2, -0.15) is 9.97 Å². The number of nitrogens with zero attached hydrogens (tertiary/aromatic N) is 5. The van der Waals surface area contributed by atoms with E-state index in [4.69, 9.17) is 16.3 Å². The first-order valence-electron chi connectivity index (χ1n) is 11.2. The first-order chi connectivity index (χ1) is 15.8. The van der Waals surface area contributed by atoms with Crippen molar-refractivity contribution in [3.05, 3.63) is 21.4 Å². The van der Waals surface area contributed by atoms with Crippen LogP contribution in [0.5, 0.6) is 6.01 Å². The van der Waals surface area contributed by atoms with Gasteiger partial charge in [0.1, 0.15) is 17.9 Å². The van der Waals surface area contributed by atoms with Crippen molar-refractivity contribution in [2.45, 2.75) is 31.7 Å². The molecule has 1 aromatic heterocycles. The number of amides is 1. The molecular formula is C22H26BrClFN5O3. The molecule has 3 aliphatic heterocycles. The van der Waals surface area contributed by atoms with Gasteiger partial charge in [0.25, 0.3) is 0 Å². The Morgan fingerprint density at radius 3 is 2.70 bits per heavy atom. The van der Waals surface area contributed by atoms with Crippen LogP contribution in [0.1, 0.15) is 25.7 Å².